The van der Waals surface area contributed by atoms with E-state index in [4.69, 9.17) is 21.1 Å². The number of esters is 2. The van der Waals surface area contributed by atoms with Crippen LogP contribution in [-0.2, 0) is 16.0 Å². The Morgan fingerprint density at radius 1 is 1.09 bits per heavy atom. The molecule has 0 fully saturated rings. The second kappa shape index (κ2) is 9.40. The third-order valence-electron chi connectivity index (χ3n) is 5.17. The minimum absolute atomic E-state index is 0.108. The molecule has 1 N–H and O–H groups in total. The van der Waals surface area contributed by atoms with Crippen LogP contribution in [0.5, 0.6) is 0 Å². The minimum Gasteiger partial charge on any atom is -0.465 e. The van der Waals surface area contributed by atoms with Gasteiger partial charge in [-0.15, -0.1) is 0 Å². The molecule has 2 heterocycles. The zero-order valence-corrected chi connectivity index (χ0v) is 19.2. The van der Waals surface area contributed by atoms with Crippen LogP contribution in [0.4, 0.5) is 0 Å². The van der Waals surface area contributed by atoms with Crippen LogP contribution in [0, 0.1) is 20.8 Å². The molecule has 0 spiro atoms. The molecule has 8 nitrogen and oxygen atoms in total. The number of hydrogen-bond acceptors (Lipinski definition) is 6. The minimum atomic E-state index is -1.11. The average Bonchev–Trinajstić information content (AvgIpc) is 3.21. The van der Waals surface area contributed by atoms with E-state index in [0.717, 1.165) is 5.56 Å². The number of rotatable bonds is 7. The number of carbonyl (C=O) groups excluding carboxylic acids is 3. The van der Waals surface area contributed by atoms with Gasteiger partial charge in [0.25, 0.3) is 0 Å². The summed E-state index contributed by atoms with van der Waals surface area (Å²) in [5.41, 5.74) is 2.89. The van der Waals surface area contributed by atoms with Crippen molar-refractivity contribution in [2.24, 2.45) is 0 Å². The number of H-pyrrole nitrogens is 1. The van der Waals surface area contributed by atoms with Crippen molar-refractivity contribution >= 4 is 29.3 Å². The summed E-state index contributed by atoms with van der Waals surface area (Å²) >= 11 is 6.41. The van der Waals surface area contributed by atoms with Crippen molar-refractivity contribution in [3.63, 3.8) is 0 Å². The van der Waals surface area contributed by atoms with Gasteiger partial charge in [0.2, 0.25) is 5.78 Å². The Morgan fingerprint density at radius 3 is 2.38 bits per heavy atom. The summed E-state index contributed by atoms with van der Waals surface area (Å²) in [6, 6.07) is 9.56. The van der Waals surface area contributed by atoms with Crippen molar-refractivity contribution in [3.05, 3.63) is 74.8 Å². The average molecular weight is 458 g/mol. The highest BCUT2D eigenvalue weighted by atomic mass is 35.5. The van der Waals surface area contributed by atoms with E-state index in [1.54, 1.807) is 20.8 Å². The van der Waals surface area contributed by atoms with E-state index in [1.807, 2.05) is 30.3 Å². The molecule has 0 aliphatic rings. The number of carbonyl (C=O) groups is 3. The highest BCUT2D eigenvalue weighted by Gasteiger charge is 2.29. The number of benzene rings is 1. The third-order valence-corrected chi connectivity index (χ3v) is 5.56. The van der Waals surface area contributed by atoms with Gasteiger partial charge < -0.3 is 14.5 Å². The van der Waals surface area contributed by atoms with Crippen molar-refractivity contribution in [2.75, 3.05) is 7.11 Å². The van der Waals surface area contributed by atoms with Gasteiger partial charge in [-0.25, -0.2) is 14.3 Å². The van der Waals surface area contributed by atoms with Gasteiger partial charge in [0.05, 0.1) is 30.6 Å². The molecule has 0 radical (unpaired) electrons. The van der Waals surface area contributed by atoms with E-state index >= 15 is 0 Å². The quantitative estimate of drug-likeness (QED) is 0.424. The van der Waals surface area contributed by atoms with Gasteiger partial charge >= 0.3 is 11.9 Å². The lowest BCUT2D eigenvalue weighted by Gasteiger charge is -2.12. The zero-order chi connectivity index (χ0) is 23.6. The van der Waals surface area contributed by atoms with Crippen molar-refractivity contribution < 1.29 is 23.9 Å². The second-order valence-electron chi connectivity index (χ2n) is 7.42. The Hall–Kier alpha value is -3.39. The van der Waals surface area contributed by atoms with Gasteiger partial charge in [0.15, 0.2) is 6.10 Å². The van der Waals surface area contributed by atoms with Crippen molar-refractivity contribution in [3.8, 4) is 0 Å². The molecule has 0 amide bonds. The number of methoxy groups -OCH3 is 1. The molecule has 0 aliphatic heterocycles. The molecule has 1 atom stereocenters. The van der Waals surface area contributed by atoms with Crippen LogP contribution >= 0.6 is 11.6 Å². The number of Topliss-reactive ketones (excluding diaryl/α,β-unsaturated/α-hetero) is 1. The SMILES string of the molecule is COC(=O)c1c(C)[nH]c(C(=O)C(C)OC(=O)c2c(C)nn(Cc3ccccc3)c2Cl)c1C. The molecule has 0 bridgehead atoms. The number of aromatic nitrogens is 3. The first-order valence-electron chi connectivity index (χ1n) is 9.95. The number of nitrogens with one attached hydrogen (secondary N) is 1. The predicted octanol–water partition coefficient (Wildman–Crippen LogP) is 4.05. The van der Waals surface area contributed by atoms with Crippen LogP contribution in [0.25, 0.3) is 0 Å². The fourth-order valence-corrected chi connectivity index (χ4v) is 3.84. The van der Waals surface area contributed by atoms with Crippen LogP contribution in [0.1, 0.15) is 60.6 Å². The summed E-state index contributed by atoms with van der Waals surface area (Å²) in [6.45, 7) is 6.80. The molecule has 3 aromatic rings. The maximum atomic E-state index is 12.9. The molecule has 0 saturated heterocycles. The number of aryl methyl sites for hydroxylation is 2. The van der Waals surface area contributed by atoms with Crippen LogP contribution in [0.15, 0.2) is 30.3 Å². The van der Waals surface area contributed by atoms with E-state index in [1.165, 1.54) is 18.7 Å². The lowest BCUT2D eigenvalue weighted by Crippen LogP contribution is -2.25. The molecule has 2 aromatic heterocycles. The number of hydrogen-bond donors (Lipinski definition) is 1. The molecular formula is C23H24ClN3O5. The molecular weight excluding hydrogens is 434 g/mol. The molecule has 9 heteroatoms. The fraction of sp³-hybridized carbons (Fsp3) is 0.304. The normalized spacial score (nSPS) is 11.8. The van der Waals surface area contributed by atoms with Gasteiger partial charge in [0, 0.05) is 5.69 Å². The number of nitrogens with zero attached hydrogens (tertiary/aromatic N) is 2. The number of halogens is 1. The lowest BCUT2D eigenvalue weighted by atomic mass is 10.1. The van der Waals surface area contributed by atoms with Crippen LogP contribution in [-0.4, -0.2) is 45.7 Å². The fourth-order valence-electron chi connectivity index (χ4n) is 3.53. The Bertz CT molecular complexity index is 1180. The van der Waals surface area contributed by atoms with Gasteiger partial charge in [-0.05, 0) is 38.8 Å². The summed E-state index contributed by atoms with van der Waals surface area (Å²) in [5, 5.41) is 4.47. The predicted molar refractivity (Wildman–Crippen MR) is 118 cm³/mol. The molecule has 1 unspecified atom stereocenters. The molecule has 3 rings (SSSR count). The molecule has 0 aliphatic carbocycles. The van der Waals surface area contributed by atoms with Gasteiger partial charge in [-0.2, -0.15) is 5.10 Å². The van der Waals surface area contributed by atoms with Gasteiger partial charge in [-0.1, -0.05) is 41.9 Å². The van der Waals surface area contributed by atoms with E-state index < -0.39 is 23.8 Å². The van der Waals surface area contributed by atoms with Crippen molar-refractivity contribution in [2.45, 2.75) is 40.3 Å². The number of aromatic amines is 1. The third kappa shape index (κ3) is 4.45. The number of ketones is 1. The maximum Gasteiger partial charge on any atom is 0.343 e. The smallest absolute Gasteiger partial charge is 0.343 e. The van der Waals surface area contributed by atoms with Crippen LogP contribution < -0.4 is 0 Å². The van der Waals surface area contributed by atoms with E-state index in [2.05, 4.69) is 10.1 Å². The molecule has 1 aromatic carbocycles. The second-order valence-corrected chi connectivity index (χ2v) is 7.78. The van der Waals surface area contributed by atoms with Gasteiger partial charge in [0.1, 0.15) is 10.7 Å². The summed E-state index contributed by atoms with van der Waals surface area (Å²) < 4.78 is 11.7. The Balaban J connectivity index is 1.79. The summed E-state index contributed by atoms with van der Waals surface area (Å²) in [7, 11) is 1.27. The van der Waals surface area contributed by atoms with Crippen LogP contribution in [0.3, 0.4) is 0 Å². The topological polar surface area (TPSA) is 103 Å². The Morgan fingerprint density at radius 2 is 1.75 bits per heavy atom. The maximum absolute atomic E-state index is 12.9. The molecule has 32 heavy (non-hydrogen) atoms. The summed E-state index contributed by atoms with van der Waals surface area (Å²) in [5.74, 6) is -1.77. The number of ether oxygens (including phenoxy) is 2. The monoisotopic (exact) mass is 457 g/mol. The van der Waals surface area contributed by atoms with E-state index in [0.29, 0.717) is 23.5 Å². The molecule has 0 saturated carbocycles. The van der Waals surface area contributed by atoms with E-state index in [-0.39, 0.29) is 22.0 Å². The summed E-state index contributed by atoms with van der Waals surface area (Å²) in [4.78, 5) is 40.6. The lowest BCUT2D eigenvalue weighted by molar-refractivity contribution is 0.0316. The highest BCUT2D eigenvalue weighted by molar-refractivity contribution is 6.32. The van der Waals surface area contributed by atoms with Crippen molar-refractivity contribution in [1.82, 2.24) is 14.8 Å². The summed E-state index contributed by atoms with van der Waals surface area (Å²) in [6.07, 6.45) is -1.11. The Labute approximate surface area is 190 Å². The first kappa shape index (κ1) is 23.3. The molecule has 168 valence electrons. The van der Waals surface area contributed by atoms with E-state index in [9.17, 15) is 14.4 Å². The van der Waals surface area contributed by atoms with Gasteiger partial charge in [-0.3, -0.25) is 4.79 Å². The van der Waals surface area contributed by atoms with Crippen LogP contribution in [0.2, 0.25) is 5.15 Å². The van der Waals surface area contributed by atoms with Crippen molar-refractivity contribution in [1.29, 1.82) is 0 Å². The largest absolute Gasteiger partial charge is 0.465 e. The highest BCUT2D eigenvalue weighted by Crippen LogP contribution is 2.24. The first-order chi connectivity index (χ1) is 15.1. The Kier molecular flexibility index (Phi) is 6.84. The standard InChI is InChI=1S/C23H24ClN3O5/c1-12-17(22(29)31-5)13(2)25-19(12)20(28)15(4)32-23(30)18-14(3)26-27(21(18)24)11-16-9-7-6-8-10-16/h6-10,15,25H,11H2,1-5H3. The first-order valence-corrected chi connectivity index (χ1v) is 10.3. The zero-order valence-electron chi connectivity index (χ0n) is 18.5.